The monoisotopic (exact) mass is 261 g/mol. The number of hydrogen-bond donors (Lipinski definition) is 2. The van der Waals surface area contributed by atoms with E-state index in [1.807, 2.05) is 0 Å². The Balaban J connectivity index is 1.95. The highest BCUT2D eigenvalue weighted by Gasteiger charge is 2.07. The number of hydrogen-bond acceptors (Lipinski definition) is 3. The van der Waals surface area contributed by atoms with Crippen LogP contribution in [0, 0.1) is 5.82 Å². The van der Waals surface area contributed by atoms with Crippen LogP contribution in [-0.4, -0.2) is 18.8 Å². The molecule has 1 unspecified atom stereocenters. The molecule has 4 heteroatoms. The van der Waals surface area contributed by atoms with Crippen molar-refractivity contribution in [3.8, 4) is 5.75 Å². The van der Waals surface area contributed by atoms with E-state index in [0.29, 0.717) is 12.2 Å². The molecule has 0 aliphatic rings. The second-order valence-corrected chi connectivity index (χ2v) is 4.18. The van der Waals surface area contributed by atoms with Crippen LogP contribution >= 0.6 is 0 Å². The Morgan fingerprint density at radius 1 is 1.21 bits per heavy atom. The van der Waals surface area contributed by atoms with Crippen molar-refractivity contribution >= 4 is 5.69 Å². The van der Waals surface area contributed by atoms with Crippen molar-refractivity contribution in [2.75, 3.05) is 19.0 Å². The lowest BCUT2D eigenvalue weighted by molar-refractivity contribution is 0.191. The smallest absolute Gasteiger partial charge is 0.125 e. The Kier molecular flexibility index (Phi) is 4.36. The molecular weight excluding hydrogens is 245 g/mol. The number of aliphatic hydroxyl groups is 1. The molecule has 0 amide bonds. The van der Waals surface area contributed by atoms with Gasteiger partial charge in [-0.05, 0) is 35.9 Å². The zero-order valence-electron chi connectivity index (χ0n) is 10.6. The zero-order valence-corrected chi connectivity index (χ0v) is 10.6. The van der Waals surface area contributed by atoms with Gasteiger partial charge in [-0.3, -0.25) is 0 Å². The molecule has 2 aromatic carbocycles. The summed E-state index contributed by atoms with van der Waals surface area (Å²) in [5.41, 5.74) is 1.43. The topological polar surface area (TPSA) is 41.5 Å². The Labute approximate surface area is 111 Å². The fraction of sp³-hybridized carbons (Fsp3) is 0.200. The van der Waals surface area contributed by atoms with E-state index >= 15 is 0 Å². The normalized spacial score (nSPS) is 11.9. The fourth-order valence-corrected chi connectivity index (χ4v) is 1.76. The highest BCUT2D eigenvalue weighted by molar-refractivity contribution is 5.43. The average Bonchev–Trinajstić information content (AvgIpc) is 2.45. The minimum Gasteiger partial charge on any atom is -0.497 e. The lowest BCUT2D eigenvalue weighted by atomic mass is 10.1. The highest BCUT2D eigenvalue weighted by atomic mass is 19.1. The van der Waals surface area contributed by atoms with Gasteiger partial charge in [-0.2, -0.15) is 0 Å². The van der Waals surface area contributed by atoms with E-state index in [0.717, 1.165) is 11.3 Å². The summed E-state index contributed by atoms with van der Waals surface area (Å²) < 4.78 is 18.0. The van der Waals surface area contributed by atoms with E-state index in [1.165, 1.54) is 12.1 Å². The number of methoxy groups -OCH3 is 1. The summed E-state index contributed by atoms with van der Waals surface area (Å²) in [7, 11) is 1.59. The Morgan fingerprint density at radius 2 is 1.95 bits per heavy atom. The zero-order chi connectivity index (χ0) is 13.7. The second-order valence-electron chi connectivity index (χ2n) is 4.18. The molecule has 0 saturated carbocycles. The third-order valence-electron chi connectivity index (χ3n) is 2.82. The maximum Gasteiger partial charge on any atom is 0.125 e. The summed E-state index contributed by atoms with van der Waals surface area (Å²) >= 11 is 0. The molecule has 0 bridgehead atoms. The van der Waals surface area contributed by atoms with Crippen molar-refractivity contribution in [3.05, 3.63) is 59.9 Å². The van der Waals surface area contributed by atoms with E-state index in [2.05, 4.69) is 5.32 Å². The largest absolute Gasteiger partial charge is 0.497 e. The van der Waals surface area contributed by atoms with Gasteiger partial charge in [0.1, 0.15) is 11.6 Å². The van der Waals surface area contributed by atoms with Gasteiger partial charge in [0.05, 0.1) is 13.2 Å². The molecule has 2 aromatic rings. The van der Waals surface area contributed by atoms with E-state index in [9.17, 15) is 9.50 Å². The fourth-order valence-electron chi connectivity index (χ4n) is 1.76. The van der Waals surface area contributed by atoms with E-state index in [-0.39, 0.29) is 5.82 Å². The number of anilines is 1. The molecule has 0 radical (unpaired) electrons. The molecule has 0 heterocycles. The summed E-state index contributed by atoms with van der Waals surface area (Å²) in [4.78, 5) is 0. The van der Waals surface area contributed by atoms with E-state index < -0.39 is 6.10 Å². The van der Waals surface area contributed by atoms with Gasteiger partial charge in [-0.1, -0.05) is 18.2 Å². The number of benzene rings is 2. The molecule has 2 N–H and O–H groups in total. The third kappa shape index (κ3) is 3.69. The SMILES string of the molecule is COc1ccc(C(O)CNc2cccc(F)c2)cc1. The van der Waals surface area contributed by atoms with Crippen LogP contribution in [0.15, 0.2) is 48.5 Å². The maximum absolute atomic E-state index is 13.0. The Hall–Kier alpha value is -2.07. The van der Waals surface area contributed by atoms with Gasteiger partial charge < -0.3 is 15.2 Å². The summed E-state index contributed by atoms with van der Waals surface area (Å²) in [5.74, 6) is 0.443. The first-order chi connectivity index (χ1) is 9.19. The number of halogens is 1. The van der Waals surface area contributed by atoms with Crippen LogP contribution in [0.3, 0.4) is 0 Å². The molecular formula is C15H16FNO2. The molecule has 0 saturated heterocycles. The van der Waals surface area contributed by atoms with Gasteiger partial charge in [0.2, 0.25) is 0 Å². The van der Waals surface area contributed by atoms with Crippen LogP contribution in [-0.2, 0) is 0 Å². The maximum atomic E-state index is 13.0. The minimum absolute atomic E-state index is 0.302. The number of aliphatic hydroxyl groups excluding tert-OH is 1. The summed E-state index contributed by atoms with van der Waals surface area (Å²) in [6.45, 7) is 0.315. The predicted octanol–water partition coefficient (Wildman–Crippen LogP) is 2.98. The van der Waals surface area contributed by atoms with Crippen LogP contribution in [0.25, 0.3) is 0 Å². The molecule has 0 aliphatic carbocycles. The molecule has 100 valence electrons. The van der Waals surface area contributed by atoms with Crippen molar-refractivity contribution in [1.82, 2.24) is 0 Å². The van der Waals surface area contributed by atoms with Crippen LogP contribution in [0.4, 0.5) is 10.1 Å². The van der Waals surface area contributed by atoms with Crippen LogP contribution < -0.4 is 10.1 Å². The quantitative estimate of drug-likeness (QED) is 0.869. The lowest BCUT2D eigenvalue weighted by Gasteiger charge is -2.13. The summed E-state index contributed by atoms with van der Waals surface area (Å²) in [6, 6.07) is 13.3. The first-order valence-electron chi connectivity index (χ1n) is 6.00. The predicted molar refractivity (Wildman–Crippen MR) is 72.8 cm³/mol. The Morgan fingerprint density at radius 3 is 2.58 bits per heavy atom. The van der Waals surface area contributed by atoms with Gasteiger partial charge in [0.15, 0.2) is 0 Å². The molecule has 0 aromatic heterocycles. The van der Waals surface area contributed by atoms with Crippen LogP contribution in [0.5, 0.6) is 5.75 Å². The third-order valence-corrected chi connectivity index (χ3v) is 2.82. The van der Waals surface area contributed by atoms with Crippen molar-refractivity contribution < 1.29 is 14.2 Å². The molecule has 3 nitrogen and oxygen atoms in total. The number of ether oxygens (including phenoxy) is 1. The van der Waals surface area contributed by atoms with E-state index in [1.54, 1.807) is 43.5 Å². The van der Waals surface area contributed by atoms with Crippen molar-refractivity contribution in [2.24, 2.45) is 0 Å². The van der Waals surface area contributed by atoms with Gasteiger partial charge in [-0.15, -0.1) is 0 Å². The first kappa shape index (κ1) is 13.4. The van der Waals surface area contributed by atoms with Crippen molar-refractivity contribution in [1.29, 1.82) is 0 Å². The van der Waals surface area contributed by atoms with Crippen molar-refractivity contribution in [2.45, 2.75) is 6.10 Å². The lowest BCUT2D eigenvalue weighted by Crippen LogP contribution is -2.12. The van der Waals surface area contributed by atoms with Crippen LogP contribution in [0.1, 0.15) is 11.7 Å². The molecule has 0 fully saturated rings. The van der Waals surface area contributed by atoms with Gasteiger partial charge in [0, 0.05) is 12.2 Å². The molecule has 2 rings (SSSR count). The summed E-state index contributed by atoms with van der Waals surface area (Å²) in [5, 5.41) is 13.0. The summed E-state index contributed by atoms with van der Waals surface area (Å²) in [6.07, 6.45) is -0.658. The minimum atomic E-state index is -0.658. The van der Waals surface area contributed by atoms with Gasteiger partial charge in [-0.25, -0.2) is 4.39 Å². The number of nitrogens with one attached hydrogen (secondary N) is 1. The second kappa shape index (κ2) is 6.20. The first-order valence-corrected chi connectivity index (χ1v) is 6.00. The molecule has 0 aliphatic heterocycles. The van der Waals surface area contributed by atoms with Crippen molar-refractivity contribution in [3.63, 3.8) is 0 Å². The van der Waals surface area contributed by atoms with Crippen LogP contribution in [0.2, 0.25) is 0 Å². The number of rotatable bonds is 5. The van der Waals surface area contributed by atoms with Gasteiger partial charge >= 0.3 is 0 Å². The standard InChI is InChI=1S/C15H16FNO2/c1-19-14-7-5-11(6-8-14)15(18)10-17-13-4-2-3-12(16)9-13/h2-9,15,17-18H,10H2,1H3. The highest BCUT2D eigenvalue weighted by Crippen LogP contribution is 2.18. The molecule has 1 atom stereocenters. The Bertz CT molecular complexity index is 528. The molecule has 0 spiro atoms. The van der Waals surface area contributed by atoms with E-state index in [4.69, 9.17) is 4.74 Å². The van der Waals surface area contributed by atoms with Gasteiger partial charge in [0.25, 0.3) is 0 Å². The molecule has 19 heavy (non-hydrogen) atoms. The average molecular weight is 261 g/mol.